The van der Waals surface area contributed by atoms with Crippen molar-refractivity contribution in [1.82, 2.24) is 19.6 Å². The molecule has 0 aromatic carbocycles. The van der Waals surface area contributed by atoms with Gasteiger partial charge in [0.15, 0.2) is 0 Å². The van der Waals surface area contributed by atoms with Gasteiger partial charge in [-0.05, 0) is 12.8 Å². The summed E-state index contributed by atoms with van der Waals surface area (Å²) in [6.45, 7) is 2.10. The van der Waals surface area contributed by atoms with Gasteiger partial charge in [0.2, 0.25) is 0 Å². The van der Waals surface area contributed by atoms with Crippen LogP contribution in [0.5, 0.6) is 0 Å². The van der Waals surface area contributed by atoms with Gasteiger partial charge in [0.1, 0.15) is 0 Å². The number of rotatable bonds is 11. The van der Waals surface area contributed by atoms with Crippen LogP contribution in [0.25, 0.3) is 0 Å². The lowest BCUT2D eigenvalue weighted by molar-refractivity contribution is 0.279. The van der Waals surface area contributed by atoms with Gasteiger partial charge in [-0.3, -0.25) is 0 Å². The Bertz CT molecular complexity index is 378. The number of nitrogens with zero attached hydrogens (tertiary/aromatic N) is 4. The molecule has 0 N–H and O–H groups in total. The first-order chi connectivity index (χ1) is 11.6. The van der Waals surface area contributed by atoms with E-state index in [1.54, 1.807) is 0 Å². The number of hydrogen-bond donors (Lipinski definition) is 0. The standard InChI is InChI=1S/C18H32I2N4/c1-21-11-13-23(15-21)17(19)9-7-5-3-4-6-8-10-18(20)24-14-12-22(2)16-24/h11-14,17-18H,3-10,15-16H2,1-2H3. The van der Waals surface area contributed by atoms with E-state index in [4.69, 9.17) is 0 Å². The second-order valence-corrected chi connectivity index (χ2v) is 9.86. The van der Waals surface area contributed by atoms with Gasteiger partial charge in [-0.15, -0.1) is 0 Å². The van der Waals surface area contributed by atoms with Crippen LogP contribution in [0, 0.1) is 0 Å². The predicted octanol–water partition coefficient (Wildman–Crippen LogP) is 4.98. The molecule has 2 atom stereocenters. The lowest BCUT2D eigenvalue weighted by Gasteiger charge is -2.24. The number of alkyl halides is 2. The van der Waals surface area contributed by atoms with E-state index >= 15 is 0 Å². The summed E-state index contributed by atoms with van der Waals surface area (Å²) in [6.07, 6.45) is 19.7. The molecule has 24 heavy (non-hydrogen) atoms. The molecule has 2 aliphatic rings. The van der Waals surface area contributed by atoms with E-state index < -0.39 is 0 Å². The molecule has 0 aromatic rings. The summed E-state index contributed by atoms with van der Waals surface area (Å²) in [7, 11) is 4.27. The molecule has 4 nitrogen and oxygen atoms in total. The van der Waals surface area contributed by atoms with E-state index in [1.165, 1.54) is 51.4 Å². The molecule has 0 amide bonds. The number of unbranched alkanes of at least 4 members (excludes halogenated alkanes) is 5. The van der Waals surface area contributed by atoms with E-state index in [2.05, 4.69) is 104 Å². The Morgan fingerprint density at radius 3 is 1.38 bits per heavy atom. The highest BCUT2D eigenvalue weighted by Crippen LogP contribution is 2.22. The van der Waals surface area contributed by atoms with Gasteiger partial charge in [-0.1, -0.05) is 83.7 Å². The quantitative estimate of drug-likeness (QED) is 0.154. The topological polar surface area (TPSA) is 13.0 Å². The van der Waals surface area contributed by atoms with E-state index in [1.807, 2.05) is 0 Å². The molecular formula is C18H32I2N4. The van der Waals surface area contributed by atoms with Gasteiger partial charge in [-0.25, -0.2) is 0 Å². The summed E-state index contributed by atoms with van der Waals surface area (Å²) >= 11 is 5.18. The molecule has 2 aliphatic heterocycles. The number of hydrogen-bond acceptors (Lipinski definition) is 4. The first-order valence-electron chi connectivity index (χ1n) is 9.13. The molecule has 0 saturated heterocycles. The average Bonchev–Trinajstić information content (AvgIpc) is 3.18. The van der Waals surface area contributed by atoms with Crippen LogP contribution < -0.4 is 0 Å². The smallest absolute Gasteiger partial charge is 0.0900 e. The van der Waals surface area contributed by atoms with Crippen molar-refractivity contribution in [3.05, 3.63) is 24.8 Å². The largest absolute Gasteiger partial charge is 0.362 e. The molecule has 0 fully saturated rings. The van der Waals surface area contributed by atoms with Crippen molar-refractivity contribution in [1.29, 1.82) is 0 Å². The van der Waals surface area contributed by atoms with Crippen molar-refractivity contribution in [3.8, 4) is 0 Å². The van der Waals surface area contributed by atoms with E-state index in [0.717, 1.165) is 13.3 Å². The zero-order chi connectivity index (χ0) is 17.4. The van der Waals surface area contributed by atoms with Gasteiger partial charge < -0.3 is 19.6 Å². The van der Waals surface area contributed by atoms with Crippen LogP contribution >= 0.6 is 45.2 Å². The van der Waals surface area contributed by atoms with E-state index in [-0.39, 0.29) is 0 Å². The van der Waals surface area contributed by atoms with Crippen LogP contribution in [0.4, 0.5) is 0 Å². The van der Waals surface area contributed by atoms with Crippen molar-refractivity contribution < 1.29 is 0 Å². The van der Waals surface area contributed by atoms with Gasteiger partial charge in [-0.2, -0.15) is 0 Å². The Hall–Kier alpha value is 0.140. The molecule has 2 rings (SSSR count). The van der Waals surface area contributed by atoms with Crippen LogP contribution in [0.2, 0.25) is 0 Å². The van der Waals surface area contributed by atoms with Crippen molar-refractivity contribution in [2.75, 3.05) is 27.4 Å². The van der Waals surface area contributed by atoms with Gasteiger partial charge in [0.25, 0.3) is 0 Å². The third-order valence-corrected chi connectivity index (χ3v) is 7.33. The molecule has 0 aromatic heterocycles. The summed E-state index contributed by atoms with van der Waals surface area (Å²) in [5.74, 6) is 0. The normalized spacial score (nSPS) is 19.7. The fourth-order valence-electron chi connectivity index (χ4n) is 3.13. The molecule has 138 valence electrons. The third-order valence-electron chi connectivity index (χ3n) is 4.65. The summed E-state index contributed by atoms with van der Waals surface area (Å²) in [5.41, 5.74) is 0. The second-order valence-electron chi connectivity index (χ2n) is 6.99. The fourth-order valence-corrected chi connectivity index (χ4v) is 4.74. The summed E-state index contributed by atoms with van der Waals surface area (Å²) in [6, 6.07) is 0. The minimum atomic E-state index is 0.648. The molecule has 6 heteroatoms. The fraction of sp³-hybridized carbons (Fsp3) is 0.778. The molecule has 0 saturated carbocycles. The molecule has 0 radical (unpaired) electrons. The first kappa shape index (κ1) is 20.5. The zero-order valence-electron chi connectivity index (χ0n) is 15.1. The Morgan fingerprint density at radius 2 is 1.04 bits per heavy atom. The maximum absolute atomic E-state index is 2.59. The zero-order valence-corrected chi connectivity index (χ0v) is 19.4. The highest BCUT2D eigenvalue weighted by molar-refractivity contribution is 14.1. The maximum atomic E-state index is 2.59. The van der Waals surface area contributed by atoms with Gasteiger partial charge in [0.05, 0.1) is 21.4 Å². The average molecular weight is 558 g/mol. The lowest BCUT2D eigenvalue weighted by Crippen LogP contribution is -2.28. The first-order valence-corrected chi connectivity index (χ1v) is 11.6. The Labute approximate surface area is 175 Å². The minimum Gasteiger partial charge on any atom is -0.362 e. The Balaban J connectivity index is 1.40. The third kappa shape index (κ3) is 7.17. The summed E-state index contributed by atoms with van der Waals surface area (Å²) < 4.78 is 1.30. The number of halogens is 2. The van der Waals surface area contributed by atoms with E-state index in [0.29, 0.717) is 8.10 Å². The van der Waals surface area contributed by atoms with E-state index in [9.17, 15) is 0 Å². The van der Waals surface area contributed by atoms with Crippen LogP contribution in [0.15, 0.2) is 24.8 Å². The molecule has 0 bridgehead atoms. The highest BCUT2D eigenvalue weighted by atomic mass is 127. The van der Waals surface area contributed by atoms with Crippen molar-refractivity contribution in [2.45, 2.75) is 59.5 Å². The highest BCUT2D eigenvalue weighted by Gasteiger charge is 2.17. The minimum absolute atomic E-state index is 0.648. The van der Waals surface area contributed by atoms with Gasteiger partial charge >= 0.3 is 0 Å². The molecule has 2 heterocycles. The van der Waals surface area contributed by atoms with Crippen LogP contribution in [-0.4, -0.2) is 55.1 Å². The monoisotopic (exact) mass is 558 g/mol. The van der Waals surface area contributed by atoms with Crippen LogP contribution in [0.1, 0.15) is 51.4 Å². The predicted molar refractivity (Wildman–Crippen MR) is 120 cm³/mol. The second kappa shape index (κ2) is 11.0. The maximum Gasteiger partial charge on any atom is 0.0900 e. The van der Waals surface area contributed by atoms with Crippen LogP contribution in [-0.2, 0) is 0 Å². The summed E-state index contributed by atoms with van der Waals surface area (Å²) in [5, 5.41) is 0. The molecule has 0 aliphatic carbocycles. The lowest BCUT2D eigenvalue weighted by atomic mass is 10.1. The summed E-state index contributed by atoms with van der Waals surface area (Å²) in [4.78, 5) is 9.35. The molecule has 2 unspecified atom stereocenters. The van der Waals surface area contributed by atoms with Gasteiger partial charge in [0, 0.05) is 38.9 Å². The Kier molecular flexibility index (Phi) is 9.36. The van der Waals surface area contributed by atoms with Crippen molar-refractivity contribution in [2.24, 2.45) is 0 Å². The van der Waals surface area contributed by atoms with Crippen molar-refractivity contribution in [3.63, 3.8) is 0 Å². The molecule has 0 spiro atoms. The SMILES string of the molecule is CN1C=CN(C(I)CCCCCCCCC(I)N2C=CN(C)C2)C1. The Morgan fingerprint density at radius 1 is 0.667 bits per heavy atom. The molecular weight excluding hydrogens is 526 g/mol. The van der Waals surface area contributed by atoms with Crippen molar-refractivity contribution >= 4 is 45.2 Å². The van der Waals surface area contributed by atoms with Crippen LogP contribution in [0.3, 0.4) is 0 Å².